The Hall–Kier alpha value is -0.0800. The molecule has 0 aliphatic heterocycles. The van der Waals surface area contributed by atoms with Gasteiger partial charge in [0.15, 0.2) is 0 Å². The van der Waals surface area contributed by atoms with Crippen LogP contribution in [0.15, 0.2) is 0 Å². The van der Waals surface area contributed by atoms with Crippen LogP contribution in [-0.4, -0.2) is 37.1 Å². The Bertz CT molecular complexity index is 157. The molecule has 2 nitrogen and oxygen atoms in total. The molecule has 0 aromatic heterocycles. The highest BCUT2D eigenvalue weighted by Gasteiger charge is 2.13. The molecule has 1 N–H and O–H groups in total. The van der Waals surface area contributed by atoms with E-state index in [0.29, 0.717) is 12.1 Å². The lowest BCUT2D eigenvalue weighted by Crippen LogP contribution is -2.40. The van der Waals surface area contributed by atoms with Crippen LogP contribution < -0.4 is 5.32 Å². The maximum atomic E-state index is 3.70. The summed E-state index contributed by atoms with van der Waals surface area (Å²) >= 11 is 0. The first-order valence-corrected chi connectivity index (χ1v) is 6.96. The summed E-state index contributed by atoms with van der Waals surface area (Å²) in [5.74, 6) is 0.805. The lowest BCUT2D eigenvalue weighted by atomic mass is 9.95. The van der Waals surface area contributed by atoms with Crippen molar-refractivity contribution in [3.05, 3.63) is 0 Å². The third-order valence-electron chi connectivity index (χ3n) is 3.62. The van der Waals surface area contributed by atoms with E-state index in [0.717, 1.165) is 19.0 Å². The van der Waals surface area contributed by atoms with Crippen molar-refractivity contribution in [1.29, 1.82) is 0 Å². The minimum atomic E-state index is 0.648. The molecule has 2 unspecified atom stereocenters. The van der Waals surface area contributed by atoms with E-state index >= 15 is 0 Å². The Morgan fingerprint density at radius 3 is 2.19 bits per heavy atom. The van der Waals surface area contributed by atoms with Crippen LogP contribution in [0.2, 0.25) is 0 Å². The average Bonchev–Trinajstić information content (AvgIpc) is 2.24. The van der Waals surface area contributed by atoms with Crippen molar-refractivity contribution < 1.29 is 0 Å². The van der Waals surface area contributed by atoms with Crippen LogP contribution in [0.1, 0.15) is 53.9 Å². The minimum Gasteiger partial charge on any atom is -0.312 e. The monoisotopic (exact) mass is 228 g/mol. The molecule has 0 fully saturated rings. The van der Waals surface area contributed by atoms with Crippen LogP contribution in [0.4, 0.5) is 0 Å². The number of nitrogens with one attached hydrogen (secondary N) is 1. The van der Waals surface area contributed by atoms with Crippen LogP contribution >= 0.6 is 0 Å². The Kier molecular flexibility index (Phi) is 8.96. The Morgan fingerprint density at radius 2 is 1.75 bits per heavy atom. The second kappa shape index (κ2) is 9.00. The van der Waals surface area contributed by atoms with Gasteiger partial charge in [-0.15, -0.1) is 0 Å². The predicted molar refractivity (Wildman–Crippen MR) is 73.9 cm³/mol. The third kappa shape index (κ3) is 6.49. The lowest BCUT2D eigenvalue weighted by Gasteiger charge is -2.26. The highest BCUT2D eigenvalue weighted by atomic mass is 15.1. The van der Waals surface area contributed by atoms with Crippen LogP contribution in [0.3, 0.4) is 0 Å². The summed E-state index contributed by atoms with van der Waals surface area (Å²) in [4.78, 5) is 2.39. The molecular weight excluding hydrogens is 196 g/mol. The highest BCUT2D eigenvalue weighted by Crippen LogP contribution is 2.13. The van der Waals surface area contributed by atoms with E-state index in [4.69, 9.17) is 0 Å². The number of hydrogen-bond acceptors (Lipinski definition) is 2. The summed E-state index contributed by atoms with van der Waals surface area (Å²) in [7, 11) is 2.20. The van der Waals surface area contributed by atoms with Crippen molar-refractivity contribution in [2.45, 2.75) is 66.0 Å². The summed E-state index contributed by atoms with van der Waals surface area (Å²) < 4.78 is 0. The van der Waals surface area contributed by atoms with Gasteiger partial charge >= 0.3 is 0 Å². The molecule has 0 heterocycles. The first kappa shape index (κ1) is 15.9. The minimum absolute atomic E-state index is 0.648. The zero-order valence-corrected chi connectivity index (χ0v) is 12.2. The molecule has 0 rings (SSSR count). The van der Waals surface area contributed by atoms with E-state index in [-0.39, 0.29) is 0 Å². The van der Waals surface area contributed by atoms with Crippen LogP contribution in [0.25, 0.3) is 0 Å². The van der Waals surface area contributed by atoms with E-state index in [2.05, 4.69) is 51.9 Å². The Balaban J connectivity index is 3.78. The number of nitrogens with zero attached hydrogens (tertiary/aromatic N) is 1. The largest absolute Gasteiger partial charge is 0.312 e. The molecule has 2 heteroatoms. The van der Waals surface area contributed by atoms with Gasteiger partial charge in [0.25, 0.3) is 0 Å². The summed E-state index contributed by atoms with van der Waals surface area (Å²) in [5.41, 5.74) is 0. The molecule has 0 aromatic rings. The van der Waals surface area contributed by atoms with E-state index in [1.807, 2.05) is 0 Å². The van der Waals surface area contributed by atoms with Gasteiger partial charge in [0.2, 0.25) is 0 Å². The fourth-order valence-electron chi connectivity index (χ4n) is 2.09. The quantitative estimate of drug-likeness (QED) is 0.652. The van der Waals surface area contributed by atoms with E-state index < -0.39 is 0 Å². The number of rotatable bonds is 9. The molecule has 98 valence electrons. The van der Waals surface area contributed by atoms with Crippen molar-refractivity contribution in [2.75, 3.05) is 20.1 Å². The van der Waals surface area contributed by atoms with Gasteiger partial charge in [-0.05, 0) is 39.7 Å². The van der Waals surface area contributed by atoms with Crippen LogP contribution in [0, 0.1) is 5.92 Å². The smallest absolute Gasteiger partial charge is 0.0107 e. The van der Waals surface area contributed by atoms with Gasteiger partial charge in [-0.25, -0.2) is 0 Å². The average molecular weight is 228 g/mol. The first-order chi connectivity index (χ1) is 7.52. The maximum absolute atomic E-state index is 3.70. The van der Waals surface area contributed by atoms with Crippen LogP contribution in [0.5, 0.6) is 0 Å². The van der Waals surface area contributed by atoms with Crippen LogP contribution in [-0.2, 0) is 0 Å². The molecule has 0 aromatic carbocycles. The maximum Gasteiger partial charge on any atom is 0.0107 e. The summed E-state index contributed by atoms with van der Waals surface area (Å²) in [6.07, 6.45) is 3.88. The topological polar surface area (TPSA) is 15.3 Å². The molecule has 0 aliphatic carbocycles. The predicted octanol–water partition coefficient (Wildman–Crippen LogP) is 3.13. The third-order valence-corrected chi connectivity index (χ3v) is 3.62. The molecule has 0 radical (unpaired) electrons. The van der Waals surface area contributed by atoms with Crippen molar-refractivity contribution in [3.63, 3.8) is 0 Å². The lowest BCUT2D eigenvalue weighted by molar-refractivity contribution is 0.257. The fraction of sp³-hybridized carbons (Fsp3) is 1.00. The molecule has 0 saturated carbocycles. The Labute approximate surface area is 103 Å². The molecule has 0 spiro atoms. The SMILES string of the molecule is CCCC(C)C(CC)NCCN(C)C(C)C. The van der Waals surface area contributed by atoms with Crippen molar-refractivity contribution >= 4 is 0 Å². The van der Waals surface area contributed by atoms with Gasteiger partial charge in [-0.3, -0.25) is 0 Å². The van der Waals surface area contributed by atoms with E-state index in [1.54, 1.807) is 0 Å². The molecule has 0 bridgehead atoms. The van der Waals surface area contributed by atoms with Gasteiger partial charge in [-0.1, -0.05) is 27.2 Å². The van der Waals surface area contributed by atoms with Gasteiger partial charge in [0.05, 0.1) is 0 Å². The van der Waals surface area contributed by atoms with E-state index in [9.17, 15) is 0 Å². The summed E-state index contributed by atoms with van der Waals surface area (Å²) in [6, 6.07) is 1.34. The van der Waals surface area contributed by atoms with Crippen molar-refractivity contribution in [3.8, 4) is 0 Å². The normalized spacial score (nSPS) is 15.8. The molecule has 0 saturated heterocycles. The van der Waals surface area contributed by atoms with Gasteiger partial charge in [-0.2, -0.15) is 0 Å². The fourth-order valence-corrected chi connectivity index (χ4v) is 2.09. The zero-order valence-electron chi connectivity index (χ0n) is 12.2. The van der Waals surface area contributed by atoms with Crippen molar-refractivity contribution in [1.82, 2.24) is 10.2 Å². The zero-order chi connectivity index (χ0) is 12.6. The molecule has 2 atom stereocenters. The number of hydrogen-bond donors (Lipinski definition) is 1. The first-order valence-electron chi connectivity index (χ1n) is 6.96. The second-order valence-corrected chi connectivity index (χ2v) is 5.31. The summed E-state index contributed by atoms with van der Waals surface area (Å²) in [5, 5.41) is 3.70. The number of likely N-dealkylation sites (N-methyl/N-ethyl adjacent to an activating group) is 1. The molecular formula is C14H32N2. The summed E-state index contributed by atoms with van der Waals surface area (Å²) in [6.45, 7) is 13.7. The molecule has 0 aliphatic rings. The van der Waals surface area contributed by atoms with Gasteiger partial charge in [0, 0.05) is 25.2 Å². The molecule has 16 heavy (non-hydrogen) atoms. The Morgan fingerprint density at radius 1 is 1.12 bits per heavy atom. The van der Waals surface area contributed by atoms with Crippen molar-refractivity contribution in [2.24, 2.45) is 5.92 Å². The second-order valence-electron chi connectivity index (χ2n) is 5.31. The van der Waals surface area contributed by atoms with Gasteiger partial charge < -0.3 is 10.2 Å². The standard InChI is InChI=1S/C14H32N2/c1-7-9-13(5)14(8-2)15-10-11-16(6)12(3)4/h12-15H,7-11H2,1-6H3. The van der Waals surface area contributed by atoms with E-state index in [1.165, 1.54) is 19.3 Å². The molecule has 0 amide bonds. The van der Waals surface area contributed by atoms with Gasteiger partial charge in [0.1, 0.15) is 0 Å². The highest BCUT2D eigenvalue weighted by molar-refractivity contribution is 4.72.